The topological polar surface area (TPSA) is 113 Å². The number of benzene rings is 1. The third-order valence-corrected chi connectivity index (χ3v) is 7.11. The van der Waals surface area contributed by atoms with E-state index in [1.54, 1.807) is 6.92 Å². The summed E-state index contributed by atoms with van der Waals surface area (Å²) in [5, 5.41) is 5.20. The number of carbonyl (C=O) groups is 1. The molecule has 0 saturated heterocycles. The molecule has 1 unspecified atom stereocenters. The Bertz CT molecular complexity index is 1150. The molecule has 1 aliphatic rings. The number of anilines is 3. The van der Waals surface area contributed by atoms with Crippen LogP contribution in [-0.2, 0) is 14.8 Å². The number of nitrogens with zero attached hydrogens (tertiary/aromatic N) is 2. The van der Waals surface area contributed by atoms with Crippen LogP contribution in [0, 0.1) is 17.5 Å². The molecule has 1 amide bonds. The summed E-state index contributed by atoms with van der Waals surface area (Å²) in [4.78, 5) is 21.8. The Morgan fingerprint density at radius 3 is 2.62 bits per heavy atom. The summed E-state index contributed by atoms with van der Waals surface area (Å²) in [7, 11) is -3.97. The Labute approximate surface area is 187 Å². The van der Waals surface area contributed by atoms with E-state index in [0.717, 1.165) is 0 Å². The highest BCUT2D eigenvalue weighted by atomic mass is 32.2. The van der Waals surface area contributed by atoms with Gasteiger partial charge < -0.3 is 10.6 Å². The van der Waals surface area contributed by atoms with Crippen molar-refractivity contribution in [3.63, 3.8) is 0 Å². The van der Waals surface area contributed by atoms with Crippen LogP contribution in [0.25, 0.3) is 0 Å². The lowest BCUT2D eigenvalue weighted by molar-refractivity contribution is -0.117. The molecule has 1 aromatic heterocycles. The molecule has 1 aliphatic heterocycles. The number of nitrogens with one attached hydrogen (secondary N) is 3. The first-order valence-electron chi connectivity index (χ1n) is 9.77. The molecule has 0 aliphatic carbocycles. The highest BCUT2D eigenvalue weighted by Crippen LogP contribution is 2.42. The fraction of sp³-hybridized carbons (Fsp3) is 0.421. The van der Waals surface area contributed by atoms with Gasteiger partial charge in [0, 0.05) is 17.9 Å². The highest BCUT2D eigenvalue weighted by molar-refractivity contribution is 7.99. The number of carbonyl (C=O) groups excluding carboxylic acids is 1. The standard InChI is InChI=1S/C19H22F3N5O3S2/c1-4-5-32(29,30)27-12-6-11(20)13(21)16(14(12)22)26-19(28)10-7-31-17-15(10)23-8-24-18(17)25-9(2)3/h6,8-10,27H,4-5,7H2,1-3H3,(H,26,28)(H,23,24,25). The lowest BCUT2D eigenvalue weighted by Crippen LogP contribution is -2.24. The molecule has 1 aromatic carbocycles. The van der Waals surface area contributed by atoms with E-state index in [4.69, 9.17) is 0 Å². The van der Waals surface area contributed by atoms with Gasteiger partial charge in [-0.15, -0.1) is 11.8 Å². The molecule has 2 aromatic rings. The van der Waals surface area contributed by atoms with Gasteiger partial charge in [0.05, 0.1) is 27.9 Å². The van der Waals surface area contributed by atoms with Gasteiger partial charge in [0.1, 0.15) is 17.8 Å². The van der Waals surface area contributed by atoms with Crippen molar-refractivity contribution in [2.45, 2.75) is 44.0 Å². The molecular weight excluding hydrogens is 467 g/mol. The molecule has 0 spiro atoms. The summed E-state index contributed by atoms with van der Waals surface area (Å²) >= 11 is 1.31. The van der Waals surface area contributed by atoms with Crippen molar-refractivity contribution in [1.29, 1.82) is 0 Å². The first-order chi connectivity index (χ1) is 15.0. The zero-order valence-electron chi connectivity index (χ0n) is 17.5. The minimum atomic E-state index is -3.97. The fourth-order valence-corrected chi connectivity index (χ4v) is 5.44. The van der Waals surface area contributed by atoms with Crippen molar-refractivity contribution >= 4 is 44.9 Å². The Hall–Kier alpha value is -2.54. The number of rotatable bonds is 8. The van der Waals surface area contributed by atoms with Gasteiger partial charge in [0.15, 0.2) is 17.5 Å². The van der Waals surface area contributed by atoms with Crippen LogP contribution < -0.4 is 15.4 Å². The van der Waals surface area contributed by atoms with Gasteiger partial charge in [0.2, 0.25) is 15.9 Å². The van der Waals surface area contributed by atoms with Crippen LogP contribution in [0.15, 0.2) is 17.3 Å². The Morgan fingerprint density at radius 1 is 1.25 bits per heavy atom. The summed E-state index contributed by atoms with van der Waals surface area (Å²) in [6.07, 6.45) is 1.51. The average molecular weight is 490 g/mol. The van der Waals surface area contributed by atoms with E-state index in [0.29, 0.717) is 22.5 Å². The second kappa shape index (κ2) is 9.53. The maximum absolute atomic E-state index is 14.8. The SMILES string of the molecule is CCCS(=O)(=O)Nc1cc(F)c(F)c(NC(=O)C2CSc3c(NC(C)C)ncnc32)c1F. The van der Waals surface area contributed by atoms with Crippen molar-refractivity contribution in [2.75, 3.05) is 26.9 Å². The third kappa shape index (κ3) is 5.09. The minimum absolute atomic E-state index is 0.0767. The first kappa shape index (κ1) is 24.1. The molecule has 174 valence electrons. The Kier molecular flexibility index (Phi) is 7.18. The van der Waals surface area contributed by atoms with Crippen LogP contribution in [0.4, 0.5) is 30.4 Å². The minimum Gasteiger partial charge on any atom is -0.367 e. The number of hydrogen-bond donors (Lipinski definition) is 3. The summed E-state index contributed by atoms with van der Waals surface area (Å²) in [5.41, 5.74) is -1.48. The van der Waals surface area contributed by atoms with Crippen LogP contribution >= 0.6 is 11.8 Å². The molecule has 8 nitrogen and oxygen atoms in total. The average Bonchev–Trinajstić information content (AvgIpc) is 3.14. The van der Waals surface area contributed by atoms with Gasteiger partial charge in [-0.2, -0.15) is 0 Å². The van der Waals surface area contributed by atoms with Gasteiger partial charge in [-0.1, -0.05) is 6.92 Å². The first-order valence-corrected chi connectivity index (χ1v) is 12.4. The van der Waals surface area contributed by atoms with E-state index in [1.165, 1.54) is 18.1 Å². The summed E-state index contributed by atoms with van der Waals surface area (Å²) < 4.78 is 69.0. The predicted molar refractivity (Wildman–Crippen MR) is 117 cm³/mol. The number of amides is 1. The molecule has 3 N–H and O–H groups in total. The van der Waals surface area contributed by atoms with Crippen LogP contribution in [0.3, 0.4) is 0 Å². The van der Waals surface area contributed by atoms with Gasteiger partial charge in [0.25, 0.3) is 0 Å². The highest BCUT2D eigenvalue weighted by Gasteiger charge is 2.35. The van der Waals surface area contributed by atoms with E-state index in [9.17, 15) is 26.4 Å². The molecule has 0 fully saturated rings. The maximum Gasteiger partial charge on any atom is 0.234 e. The van der Waals surface area contributed by atoms with Gasteiger partial charge in [-0.25, -0.2) is 31.6 Å². The quantitative estimate of drug-likeness (QED) is 0.485. The number of aromatic nitrogens is 2. The largest absolute Gasteiger partial charge is 0.367 e. The fourth-order valence-electron chi connectivity index (χ4n) is 3.09. The Morgan fingerprint density at radius 2 is 1.97 bits per heavy atom. The molecule has 0 saturated carbocycles. The lowest BCUT2D eigenvalue weighted by Gasteiger charge is -2.16. The van der Waals surface area contributed by atoms with Crippen LogP contribution in [0.2, 0.25) is 0 Å². The van der Waals surface area contributed by atoms with Crippen molar-refractivity contribution in [2.24, 2.45) is 0 Å². The van der Waals surface area contributed by atoms with Crippen LogP contribution in [-0.4, -0.2) is 41.8 Å². The zero-order valence-corrected chi connectivity index (χ0v) is 19.1. The molecule has 2 heterocycles. The predicted octanol–water partition coefficient (Wildman–Crippen LogP) is 3.69. The molecule has 0 radical (unpaired) electrons. The number of sulfonamides is 1. The van der Waals surface area contributed by atoms with E-state index in [1.807, 2.05) is 18.6 Å². The molecule has 13 heteroatoms. The number of hydrogen-bond acceptors (Lipinski definition) is 7. The van der Waals surface area contributed by atoms with Gasteiger partial charge in [-0.05, 0) is 20.3 Å². The van der Waals surface area contributed by atoms with E-state index >= 15 is 0 Å². The number of thioether (sulfide) groups is 1. The second-order valence-electron chi connectivity index (χ2n) is 7.42. The molecule has 3 rings (SSSR count). The van der Waals surface area contributed by atoms with E-state index < -0.39 is 50.7 Å². The van der Waals surface area contributed by atoms with E-state index in [-0.39, 0.29) is 24.0 Å². The summed E-state index contributed by atoms with van der Waals surface area (Å²) in [6.45, 7) is 5.43. The Balaban J connectivity index is 1.90. The van der Waals surface area contributed by atoms with Crippen LogP contribution in [0.5, 0.6) is 0 Å². The number of halogens is 3. The molecule has 32 heavy (non-hydrogen) atoms. The second-order valence-corrected chi connectivity index (χ2v) is 10.3. The van der Waals surface area contributed by atoms with Crippen LogP contribution in [0.1, 0.15) is 38.8 Å². The van der Waals surface area contributed by atoms with Crippen molar-refractivity contribution in [3.05, 3.63) is 35.5 Å². The van der Waals surface area contributed by atoms with Gasteiger partial charge in [-0.3, -0.25) is 9.52 Å². The summed E-state index contributed by atoms with van der Waals surface area (Å²) in [6, 6.07) is 0.471. The smallest absolute Gasteiger partial charge is 0.234 e. The van der Waals surface area contributed by atoms with Crippen molar-refractivity contribution < 1.29 is 26.4 Å². The van der Waals surface area contributed by atoms with E-state index in [2.05, 4.69) is 20.6 Å². The monoisotopic (exact) mass is 489 g/mol. The molecular formula is C19H22F3N5O3S2. The lowest BCUT2D eigenvalue weighted by atomic mass is 10.1. The molecule has 0 bridgehead atoms. The van der Waals surface area contributed by atoms with Gasteiger partial charge >= 0.3 is 0 Å². The maximum atomic E-state index is 14.8. The molecule has 1 atom stereocenters. The van der Waals surface area contributed by atoms with Crippen molar-refractivity contribution in [1.82, 2.24) is 9.97 Å². The normalized spacial score (nSPS) is 15.5. The van der Waals surface area contributed by atoms with Crippen molar-refractivity contribution in [3.8, 4) is 0 Å². The summed E-state index contributed by atoms with van der Waals surface area (Å²) in [5.74, 6) is -5.80. The zero-order chi connectivity index (χ0) is 23.6. The third-order valence-electron chi connectivity index (χ3n) is 4.44. The number of fused-ring (bicyclic) bond motifs is 1.